The second kappa shape index (κ2) is 8.01. The molecule has 1 aliphatic heterocycles. The lowest BCUT2D eigenvalue weighted by atomic mass is 10.2. The number of ether oxygens (including phenoxy) is 4. The number of likely N-dealkylation sites (tertiary alicyclic amines) is 1. The Morgan fingerprint density at radius 3 is 2.60 bits per heavy atom. The maximum atomic E-state index is 5.35. The summed E-state index contributed by atoms with van der Waals surface area (Å²) in [4.78, 5) is 2.27. The first-order valence-electron chi connectivity index (χ1n) is 5.26. The molecule has 0 bridgehead atoms. The highest BCUT2D eigenvalue weighted by Gasteiger charge is 2.24. The van der Waals surface area contributed by atoms with Crippen molar-refractivity contribution in [3.8, 4) is 0 Å². The molecular formula is C10H21NO4. The molecule has 1 saturated heterocycles. The molecule has 15 heavy (non-hydrogen) atoms. The molecule has 0 radical (unpaired) electrons. The molecule has 1 fully saturated rings. The van der Waals surface area contributed by atoms with Gasteiger partial charge in [0.15, 0.2) is 0 Å². The first kappa shape index (κ1) is 12.9. The van der Waals surface area contributed by atoms with E-state index in [0.29, 0.717) is 33.0 Å². The van der Waals surface area contributed by atoms with E-state index in [-0.39, 0.29) is 0 Å². The smallest absolute Gasteiger partial charge is 0.148 e. The van der Waals surface area contributed by atoms with Gasteiger partial charge in [0.25, 0.3) is 0 Å². The van der Waals surface area contributed by atoms with Gasteiger partial charge in [-0.2, -0.15) is 0 Å². The van der Waals surface area contributed by atoms with Crippen LogP contribution >= 0.6 is 0 Å². The largest absolute Gasteiger partial charge is 0.359 e. The van der Waals surface area contributed by atoms with Crippen LogP contribution in [0.25, 0.3) is 0 Å². The van der Waals surface area contributed by atoms with Gasteiger partial charge in [-0.1, -0.05) is 0 Å². The molecule has 1 heterocycles. The average molecular weight is 219 g/mol. The molecule has 0 amide bonds. The van der Waals surface area contributed by atoms with Crippen molar-refractivity contribution in [3.63, 3.8) is 0 Å². The normalized spacial score (nSPS) is 22.4. The van der Waals surface area contributed by atoms with E-state index in [1.807, 2.05) is 0 Å². The predicted molar refractivity (Wildman–Crippen MR) is 55.4 cm³/mol. The summed E-state index contributed by atoms with van der Waals surface area (Å²) in [6.45, 7) is 3.12. The molecule has 0 N–H and O–H groups in total. The Balaban J connectivity index is 2.11. The zero-order valence-corrected chi connectivity index (χ0v) is 9.61. The van der Waals surface area contributed by atoms with Crippen LogP contribution in [0.3, 0.4) is 0 Å². The molecule has 0 aromatic rings. The molecule has 1 unspecified atom stereocenters. The SMILES string of the molecule is COCOCC1CCCN1COCOC. The Kier molecular flexibility index (Phi) is 6.87. The van der Waals surface area contributed by atoms with Crippen molar-refractivity contribution in [2.45, 2.75) is 18.9 Å². The lowest BCUT2D eigenvalue weighted by Crippen LogP contribution is -2.35. The van der Waals surface area contributed by atoms with E-state index in [2.05, 4.69) is 4.90 Å². The van der Waals surface area contributed by atoms with Crippen molar-refractivity contribution in [3.05, 3.63) is 0 Å². The summed E-state index contributed by atoms with van der Waals surface area (Å²) in [5.74, 6) is 0. The summed E-state index contributed by atoms with van der Waals surface area (Å²) in [6.07, 6.45) is 2.37. The summed E-state index contributed by atoms with van der Waals surface area (Å²) in [5, 5.41) is 0. The van der Waals surface area contributed by atoms with Gasteiger partial charge in [-0.3, -0.25) is 4.90 Å². The number of hydrogen-bond acceptors (Lipinski definition) is 5. The molecule has 0 aromatic heterocycles. The Hall–Kier alpha value is -0.200. The minimum absolute atomic E-state index is 0.349. The minimum atomic E-state index is 0.349. The third-order valence-electron chi connectivity index (χ3n) is 2.47. The summed E-state index contributed by atoms with van der Waals surface area (Å²) < 4.78 is 20.4. The van der Waals surface area contributed by atoms with Crippen LogP contribution in [0.2, 0.25) is 0 Å². The predicted octanol–water partition coefficient (Wildman–Crippen LogP) is 0.649. The van der Waals surface area contributed by atoms with Crippen LogP contribution in [-0.4, -0.2) is 58.6 Å². The fraction of sp³-hybridized carbons (Fsp3) is 1.00. The van der Waals surface area contributed by atoms with E-state index in [0.717, 1.165) is 6.54 Å². The van der Waals surface area contributed by atoms with Gasteiger partial charge < -0.3 is 18.9 Å². The lowest BCUT2D eigenvalue weighted by Gasteiger charge is -2.23. The molecule has 90 valence electrons. The Labute approximate surface area is 91.2 Å². The molecule has 5 heteroatoms. The van der Waals surface area contributed by atoms with Gasteiger partial charge in [-0.25, -0.2) is 0 Å². The highest BCUT2D eigenvalue weighted by molar-refractivity contribution is 4.76. The van der Waals surface area contributed by atoms with Crippen LogP contribution in [0.5, 0.6) is 0 Å². The van der Waals surface area contributed by atoms with Gasteiger partial charge in [-0.15, -0.1) is 0 Å². The van der Waals surface area contributed by atoms with Crippen LogP contribution in [0.1, 0.15) is 12.8 Å². The third kappa shape index (κ3) is 4.90. The monoisotopic (exact) mass is 219 g/mol. The van der Waals surface area contributed by atoms with Gasteiger partial charge in [0, 0.05) is 26.8 Å². The molecule has 0 aromatic carbocycles. The highest BCUT2D eigenvalue weighted by Crippen LogP contribution is 2.16. The first-order chi connectivity index (χ1) is 7.38. The van der Waals surface area contributed by atoms with Crippen molar-refractivity contribution in [1.29, 1.82) is 0 Å². The highest BCUT2D eigenvalue weighted by atomic mass is 16.7. The quantitative estimate of drug-likeness (QED) is 0.443. The molecule has 1 aliphatic rings. The average Bonchev–Trinajstić information content (AvgIpc) is 2.67. The second-order valence-electron chi connectivity index (χ2n) is 3.63. The van der Waals surface area contributed by atoms with Crippen LogP contribution in [0, 0.1) is 0 Å². The minimum Gasteiger partial charge on any atom is -0.359 e. The summed E-state index contributed by atoms with van der Waals surface area (Å²) in [7, 11) is 3.26. The van der Waals surface area contributed by atoms with Gasteiger partial charge in [0.2, 0.25) is 0 Å². The number of nitrogens with zero attached hydrogens (tertiary/aromatic N) is 1. The zero-order chi connectivity index (χ0) is 10.9. The van der Waals surface area contributed by atoms with Gasteiger partial charge in [-0.05, 0) is 12.8 Å². The van der Waals surface area contributed by atoms with Crippen LogP contribution in [0.4, 0.5) is 0 Å². The Morgan fingerprint density at radius 1 is 1.13 bits per heavy atom. The van der Waals surface area contributed by atoms with E-state index in [9.17, 15) is 0 Å². The van der Waals surface area contributed by atoms with E-state index in [4.69, 9.17) is 18.9 Å². The maximum absolute atomic E-state index is 5.35. The van der Waals surface area contributed by atoms with Gasteiger partial charge >= 0.3 is 0 Å². The van der Waals surface area contributed by atoms with Crippen LogP contribution in [-0.2, 0) is 18.9 Å². The molecule has 0 saturated carbocycles. The number of hydrogen-bond donors (Lipinski definition) is 0. The fourth-order valence-electron chi connectivity index (χ4n) is 1.76. The third-order valence-corrected chi connectivity index (χ3v) is 2.47. The maximum Gasteiger partial charge on any atom is 0.148 e. The van der Waals surface area contributed by atoms with Crippen molar-refractivity contribution < 1.29 is 18.9 Å². The molecule has 5 nitrogen and oxygen atoms in total. The molecule has 1 rings (SSSR count). The van der Waals surface area contributed by atoms with Gasteiger partial charge in [0.1, 0.15) is 20.3 Å². The van der Waals surface area contributed by atoms with Crippen molar-refractivity contribution in [2.75, 3.05) is 47.7 Å². The molecular weight excluding hydrogens is 198 g/mol. The molecule has 0 aliphatic carbocycles. The van der Waals surface area contributed by atoms with E-state index in [1.54, 1.807) is 14.2 Å². The molecule has 1 atom stereocenters. The topological polar surface area (TPSA) is 40.2 Å². The molecule has 0 spiro atoms. The summed E-state index contributed by atoms with van der Waals surface area (Å²) >= 11 is 0. The lowest BCUT2D eigenvalue weighted by molar-refractivity contribution is -0.0931. The second-order valence-corrected chi connectivity index (χ2v) is 3.63. The fourth-order valence-corrected chi connectivity index (χ4v) is 1.76. The Morgan fingerprint density at radius 2 is 1.87 bits per heavy atom. The van der Waals surface area contributed by atoms with E-state index < -0.39 is 0 Å². The standard InChI is InChI=1S/C10H21NO4/c1-12-8-14-6-10-4-3-5-11(10)7-15-9-13-2/h10H,3-9H2,1-2H3. The van der Waals surface area contributed by atoms with Gasteiger partial charge in [0.05, 0.1) is 6.61 Å². The van der Waals surface area contributed by atoms with Crippen molar-refractivity contribution >= 4 is 0 Å². The van der Waals surface area contributed by atoms with Crippen LogP contribution in [0.15, 0.2) is 0 Å². The summed E-state index contributed by atoms with van der Waals surface area (Å²) in [6, 6.07) is 0.456. The number of rotatable bonds is 8. The number of methoxy groups -OCH3 is 2. The van der Waals surface area contributed by atoms with Crippen molar-refractivity contribution in [1.82, 2.24) is 4.90 Å². The van der Waals surface area contributed by atoms with E-state index in [1.165, 1.54) is 12.8 Å². The first-order valence-corrected chi connectivity index (χ1v) is 5.26. The zero-order valence-electron chi connectivity index (χ0n) is 9.61. The van der Waals surface area contributed by atoms with Crippen molar-refractivity contribution in [2.24, 2.45) is 0 Å². The Bertz CT molecular complexity index is 140. The van der Waals surface area contributed by atoms with Crippen LogP contribution < -0.4 is 0 Å². The summed E-state index contributed by atoms with van der Waals surface area (Å²) in [5.41, 5.74) is 0. The van der Waals surface area contributed by atoms with E-state index >= 15 is 0 Å².